The Morgan fingerprint density at radius 2 is 0.903 bits per heavy atom. The first kappa shape index (κ1) is 43.0. The molecule has 0 heterocycles. The summed E-state index contributed by atoms with van der Waals surface area (Å²) in [7, 11) is 0. The summed E-state index contributed by atoms with van der Waals surface area (Å²) in [6.07, 6.45) is 12.2. The van der Waals surface area contributed by atoms with Gasteiger partial charge in [-0.2, -0.15) is 6.08 Å². The van der Waals surface area contributed by atoms with E-state index in [-0.39, 0.29) is 10.8 Å². The molecule has 0 aliphatic heterocycles. The number of allylic oxidation sites excluding steroid dienone is 4. The van der Waals surface area contributed by atoms with Crippen molar-refractivity contribution in [2.24, 2.45) is 0 Å². The van der Waals surface area contributed by atoms with Crippen LogP contribution < -0.4 is 0 Å². The quantitative estimate of drug-likeness (QED) is 0.146. The molecule has 0 saturated heterocycles. The van der Waals surface area contributed by atoms with Crippen LogP contribution in [-0.4, -0.2) is 3.21 Å². The number of hydrogen-bond acceptors (Lipinski definition) is 0. The average molecular weight is 880 g/mol. The Kier molecular flexibility index (Phi) is 13.0. The van der Waals surface area contributed by atoms with Crippen molar-refractivity contribution in [1.29, 1.82) is 0 Å². The Labute approximate surface area is 384 Å². The average Bonchev–Trinajstić information content (AvgIpc) is 3.98. The van der Waals surface area contributed by atoms with Crippen LogP contribution in [0.1, 0.15) is 70.2 Å². The van der Waals surface area contributed by atoms with Crippen molar-refractivity contribution >= 4 is 46.3 Å². The molecule has 304 valence electrons. The van der Waals surface area contributed by atoms with E-state index in [0.29, 0.717) is 0 Å². The predicted octanol–water partition coefficient (Wildman–Crippen LogP) is 16.4. The van der Waals surface area contributed by atoms with Gasteiger partial charge in [-0.3, -0.25) is 6.08 Å². The van der Waals surface area contributed by atoms with Gasteiger partial charge in [0.2, 0.25) is 0 Å². The maximum absolute atomic E-state index is 2.99. The first-order valence-corrected chi connectivity index (χ1v) is 23.2. The van der Waals surface area contributed by atoms with Gasteiger partial charge in [0.15, 0.2) is 0 Å². The Morgan fingerprint density at radius 1 is 0.484 bits per heavy atom. The van der Waals surface area contributed by atoms with Gasteiger partial charge in [0.25, 0.3) is 0 Å². The van der Waals surface area contributed by atoms with Crippen molar-refractivity contribution < 1.29 is 24.2 Å². The monoisotopic (exact) mass is 878 g/mol. The molecule has 1 aliphatic rings. The summed E-state index contributed by atoms with van der Waals surface area (Å²) in [5.74, 6) is 0. The third kappa shape index (κ3) is 9.86. The van der Waals surface area contributed by atoms with E-state index >= 15 is 0 Å². The zero-order valence-electron chi connectivity index (χ0n) is 37.1. The van der Waals surface area contributed by atoms with Crippen molar-refractivity contribution in [3.8, 4) is 22.3 Å². The fourth-order valence-electron chi connectivity index (χ4n) is 8.80. The minimum atomic E-state index is -0.000185. The third-order valence-electron chi connectivity index (χ3n) is 11.9. The number of fused-ring (bicyclic) bond motifs is 5. The molecule has 0 saturated carbocycles. The first-order chi connectivity index (χ1) is 29.9. The second-order valence-electron chi connectivity index (χ2n) is 18.6. The van der Waals surface area contributed by atoms with Gasteiger partial charge in [0.1, 0.15) is 0 Å². The van der Waals surface area contributed by atoms with E-state index in [0.717, 1.165) is 19.3 Å². The first-order valence-electron chi connectivity index (χ1n) is 22.0. The van der Waals surface area contributed by atoms with Gasteiger partial charge in [-0.15, -0.1) is 46.2 Å². The Balaban J connectivity index is 0.000000207. The molecule has 0 fully saturated rings. The summed E-state index contributed by atoms with van der Waals surface area (Å²) in [5, 5.41) is 10.5. The molecule has 62 heavy (non-hydrogen) atoms. The van der Waals surface area contributed by atoms with Gasteiger partial charge in [-0.1, -0.05) is 139 Å². The van der Waals surface area contributed by atoms with Crippen molar-refractivity contribution in [2.75, 3.05) is 0 Å². The molecule has 10 rings (SSSR count). The molecule has 0 radical (unpaired) electrons. The Bertz CT molecular complexity index is 2840. The van der Waals surface area contributed by atoms with Crippen LogP contribution >= 0.6 is 0 Å². The van der Waals surface area contributed by atoms with Crippen LogP contribution in [0.5, 0.6) is 0 Å². The molecule has 0 bridgehead atoms. The zero-order valence-corrected chi connectivity index (χ0v) is 39.6. The molecule has 9 aromatic carbocycles. The van der Waals surface area contributed by atoms with Crippen LogP contribution in [0, 0.1) is 6.08 Å². The molecule has 1 aliphatic carbocycles. The summed E-state index contributed by atoms with van der Waals surface area (Å²) in [4.78, 5) is 0. The van der Waals surface area contributed by atoms with Gasteiger partial charge in [-0.05, 0) is 65.8 Å². The predicted molar refractivity (Wildman–Crippen MR) is 267 cm³/mol. The van der Waals surface area contributed by atoms with Gasteiger partial charge < -0.3 is 0 Å². The molecule has 0 atom stereocenters. The minimum absolute atomic E-state index is 0.000185. The summed E-state index contributed by atoms with van der Waals surface area (Å²) < 4.78 is 1.60. The van der Waals surface area contributed by atoms with E-state index in [4.69, 9.17) is 0 Å². The van der Waals surface area contributed by atoms with Gasteiger partial charge in [0, 0.05) is 0 Å². The fourth-order valence-corrected chi connectivity index (χ4v) is 9.80. The summed E-state index contributed by atoms with van der Waals surface area (Å²) in [6.45, 7) is 14.0. The van der Waals surface area contributed by atoms with E-state index in [1.807, 2.05) is 12.2 Å². The van der Waals surface area contributed by atoms with Crippen molar-refractivity contribution in [1.82, 2.24) is 0 Å². The van der Waals surface area contributed by atoms with E-state index in [1.165, 1.54) is 87.6 Å². The van der Waals surface area contributed by atoms with Crippen molar-refractivity contribution in [3.63, 3.8) is 0 Å². The SMILES string of the molecule is CC(C)(C)c1cc2c(cc1-c1cccc3ccccc13)[cH-]c1cc(-c3cccc4ccccc34)c(C(C)(C)C)cc12.[C-]1=CC=CC1.[Zr+2]=[C](Cc1ccccc1)Cc1ccccc1. The Hall–Kier alpha value is -5.62. The van der Waals surface area contributed by atoms with Crippen LogP contribution in [0.4, 0.5) is 0 Å². The molecule has 0 spiro atoms. The normalized spacial score (nSPS) is 12.4. The number of hydrogen-bond donors (Lipinski definition) is 0. The molecule has 0 unspecified atom stereocenters. The molecule has 0 amide bonds. The van der Waals surface area contributed by atoms with Crippen LogP contribution in [0.25, 0.3) is 65.3 Å². The fraction of sp³-hybridized carbons (Fsp3) is 0.180. The molecule has 0 nitrogen and oxygen atoms in total. The van der Waals surface area contributed by atoms with E-state index in [2.05, 4.69) is 230 Å². The van der Waals surface area contributed by atoms with Crippen molar-refractivity contribution in [2.45, 2.75) is 71.6 Å². The van der Waals surface area contributed by atoms with Crippen molar-refractivity contribution in [3.05, 3.63) is 222 Å². The van der Waals surface area contributed by atoms with Crippen LogP contribution in [0.15, 0.2) is 194 Å². The standard InChI is InChI=1S/C41H37.C15H14.C5H5.Zr/c1-40(2,3)38-24-34-28(22-36(38)32-19-11-15-26-13-7-9-17-30(26)32)21-29-23-37(39(25-35(29)34)41(4,5)6)33-20-12-16-27-14-8-10-18-31(27)33;1-3-8-14(9-4-1)12-7-13-15-10-5-2-6-11-15;1-2-4-5-3-1;/h7-25H,1-6H3;1-6,8-11H,12-13H2;1-3H,4H2;/q-1;;-1;+2. The topological polar surface area (TPSA) is 0 Å². The summed E-state index contributed by atoms with van der Waals surface area (Å²) in [5.41, 5.74) is 10.9. The number of benzene rings is 8. The molecule has 0 N–H and O–H groups in total. The van der Waals surface area contributed by atoms with E-state index in [9.17, 15) is 0 Å². The van der Waals surface area contributed by atoms with Gasteiger partial charge in [-0.25, -0.2) is 12.2 Å². The van der Waals surface area contributed by atoms with E-state index < -0.39 is 0 Å². The summed E-state index contributed by atoms with van der Waals surface area (Å²) >= 11 is 1.55. The van der Waals surface area contributed by atoms with E-state index in [1.54, 1.807) is 27.4 Å². The van der Waals surface area contributed by atoms with Crippen LogP contribution in [-0.2, 0) is 47.9 Å². The molecule has 1 heteroatoms. The van der Waals surface area contributed by atoms with Crippen LogP contribution in [0.3, 0.4) is 0 Å². The molecule has 9 aromatic rings. The Morgan fingerprint density at radius 3 is 1.29 bits per heavy atom. The molecular formula is C61H56Zr. The van der Waals surface area contributed by atoms with Gasteiger partial charge in [0.05, 0.1) is 0 Å². The number of rotatable bonds is 6. The maximum atomic E-state index is 2.99. The molecule has 0 aromatic heterocycles. The second-order valence-corrected chi connectivity index (χ2v) is 20.3. The summed E-state index contributed by atoms with van der Waals surface area (Å²) in [6, 6.07) is 64.6. The third-order valence-corrected chi connectivity index (χ3v) is 12.7. The zero-order chi connectivity index (χ0) is 43.3. The molecular weight excluding hydrogens is 824 g/mol. The second kappa shape index (κ2) is 18.8. The van der Waals surface area contributed by atoms with Crippen LogP contribution in [0.2, 0.25) is 0 Å². The van der Waals surface area contributed by atoms with Gasteiger partial charge >= 0.3 is 112 Å².